The summed E-state index contributed by atoms with van der Waals surface area (Å²) in [5.41, 5.74) is 0.464. The molecular weight excluding hydrogens is 422 g/mol. The van der Waals surface area contributed by atoms with E-state index in [0.29, 0.717) is 17.8 Å². The number of fused-ring (bicyclic) bond motifs is 2. The normalized spacial score (nSPS) is 34.6. The van der Waals surface area contributed by atoms with Crippen molar-refractivity contribution in [2.45, 2.75) is 89.4 Å². The van der Waals surface area contributed by atoms with Crippen molar-refractivity contribution >= 4 is 11.8 Å². The smallest absolute Gasteiger partial charge is 0.248 e. The minimum atomic E-state index is -0.739. The molecule has 1 aromatic heterocycles. The van der Waals surface area contributed by atoms with Gasteiger partial charge < -0.3 is 20.4 Å². The Bertz CT molecular complexity index is 907. The minimum Gasteiger partial charge on any atom is -0.396 e. The lowest BCUT2D eigenvalue weighted by molar-refractivity contribution is -0.144. The van der Waals surface area contributed by atoms with E-state index < -0.39 is 23.6 Å². The quantitative estimate of drug-likeness (QED) is 0.588. The lowest BCUT2D eigenvalue weighted by Crippen LogP contribution is -2.54. The molecular formula is C24H37N5O4. The van der Waals surface area contributed by atoms with E-state index in [1.807, 2.05) is 27.0 Å². The van der Waals surface area contributed by atoms with Crippen molar-refractivity contribution in [1.82, 2.24) is 25.2 Å². The van der Waals surface area contributed by atoms with Crippen molar-refractivity contribution in [2.24, 2.45) is 23.2 Å². The van der Waals surface area contributed by atoms with E-state index in [-0.39, 0.29) is 43.3 Å². The standard InChI is InChI=1S/C24H37N5O4/c1-24(2,3)21(29-11-18(26-27-29)13-4-5-13)23(33)28-10-16(31)9-19(28)22(32)25-20-15-7-6-14(8-15)17(20)12-30/h11,13-17,19-21,30-31H,4-10,12H2,1-3H3,(H,25,32). The van der Waals surface area contributed by atoms with Gasteiger partial charge in [0.1, 0.15) is 12.1 Å². The van der Waals surface area contributed by atoms with Gasteiger partial charge in [0.05, 0.1) is 11.8 Å². The zero-order chi connectivity index (χ0) is 23.5. The Morgan fingerprint density at radius 1 is 1.18 bits per heavy atom. The fourth-order valence-electron chi connectivity index (χ4n) is 6.48. The zero-order valence-electron chi connectivity index (χ0n) is 19.9. The number of rotatable bonds is 6. The molecule has 1 saturated heterocycles. The number of amides is 2. The number of likely N-dealkylation sites (tertiary alicyclic amines) is 1. The summed E-state index contributed by atoms with van der Waals surface area (Å²) >= 11 is 0. The second-order valence-corrected chi connectivity index (χ2v) is 11.8. The number of nitrogens with one attached hydrogen (secondary N) is 1. The van der Waals surface area contributed by atoms with E-state index in [1.54, 1.807) is 4.68 Å². The summed E-state index contributed by atoms with van der Waals surface area (Å²) in [7, 11) is 0. The first-order valence-electron chi connectivity index (χ1n) is 12.5. The third kappa shape index (κ3) is 4.18. The van der Waals surface area contributed by atoms with Gasteiger partial charge in [-0.1, -0.05) is 26.0 Å². The maximum absolute atomic E-state index is 13.8. The van der Waals surface area contributed by atoms with Gasteiger partial charge in [-0.2, -0.15) is 0 Å². The summed E-state index contributed by atoms with van der Waals surface area (Å²) in [5, 5.41) is 32.0. The van der Waals surface area contributed by atoms with Crippen LogP contribution in [0.15, 0.2) is 6.20 Å². The highest BCUT2D eigenvalue weighted by atomic mass is 16.3. The molecule has 1 aromatic rings. The first-order chi connectivity index (χ1) is 15.7. The highest BCUT2D eigenvalue weighted by Crippen LogP contribution is 2.48. The summed E-state index contributed by atoms with van der Waals surface area (Å²) in [6.45, 7) is 6.15. The number of hydrogen-bond donors (Lipinski definition) is 3. The van der Waals surface area contributed by atoms with Gasteiger partial charge in [0.15, 0.2) is 0 Å². The van der Waals surface area contributed by atoms with E-state index >= 15 is 0 Å². The largest absolute Gasteiger partial charge is 0.396 e. The maximum atomic E-state index is 13.8. The zero-order valence-corrected chi connectivity index (χ0v) is 19.9. The molecule has 3 N–H and O–H groups in total. The number of carbonyl (C=O) groups excluding carboxylic acids is 2. The number of hydrogen-bond acceptors (Lipinski definition) is 6. The van der Waals surface area contributed by atoms with Gasteiger partial charge in [-0.15, -0.1) is 5.10 Å². The SMILES string of the molecule is CC(C)(C)C(C(=O)N1CC(O)CC1C(=O)NC1C2CCC(C2)C1CO)n1cc(C2CC2)nn1. The minimum absolute atomic E-state index is 0.0502. The van der Waals surface area contributed by atoms with Crippen molar-refractivity contribution in [1.29, 1.82) is 0 Å². The van der Waals surface area contributed by atoms with Crippen molar-refractivity contribution in [3.63, 3.8) is 0 Å². The van der Waals surface area contributed by atoms with Gasteiger partial charge >= 0.3 is 0 Å². The van der Waals surface area contributed by atoms with Gasteiger partial charge in [0, 0.05) is 43.6 Å². The van der Waals surface area contributed by atoms with Crippen LogP contribution in [0.25, 0.3) is 0 Å². The van der Waals surface area contributed by atoms with Crippen LogP contribution in [0.2, 0.25) is 0 Å². The Labute approximate surface area is 194 Å². The molecule has 182 valence electrons. The van der Waals surface area contributed by atoms with Crippen molar-refractivity contribution in [3.8, 4) is 0 Å². The van der Waals surface area contributed by atoms with Gasteiger partial charge in [-0.25, -0.2) is 4.68 Å². The number of β-amino-alcohol motifs (C(OH)–C–C–N with tert-alkyl or cyclic N) is 1. The molecule has 33 heavy (non-hydrogen) atoms. The molecule has 9 nitrogen and oxygen atoms in total. The average molecular weight is 460 g/mol. The fraction of sp³-hybridized carbons (Fsp3) is 0.833. The Morgan fingerprint density at radius 2 is 1.91 bits per heavy atom. The molecule has 5 rings (SSSR count). The topological polar surface area (TPSA) is 121 Å². The average Bonchev–Trinajstić information content (AvgIpc) is 3.11. The number of aromatic nitrogens is 3. The highest BCUT2D eigenvalue weighted by molar-refractivity contribution is 5.90. The summed E-state index contributed by atoms with van der Waals surface area (Å²) < 4.78 is 1.65. The van der Waals surface area contributed by atoms with Crippen LogP contribution in [0.4, 0.5) is 0 Å². The van der Waals surface area contributed by atoms with E-state index in [1.165, 1.54) is 4.90 Å². The predicted molar refractivity (Wildman–Crippen MR) is 120 cm³/mol. The second kappa shape index (κ2) is 8.34. The van der Waals surface area contributed by atoms with Crippen LogP contribution in [0.5, 0.6) is 0 Å². The van der Waals surface area contributed by atoms with Crippen LogP contribution in [-0.4, -0.2) is 73.3 Å². The number of aliphatic hydroxyl groups excluding tert-OH is 2. The summed E-state index contributed by atoms with van der Waals surface area (Å²) in [6, 6.07) is -1.39. The highest BCUT2D eigenvalue weighted by Gasteiger charge is 2.50. The first kappa shape index (κ1) is 22.8. The Balaban J connectivity index is 1.35. The second-order valence-electron chi connectivity index (χ2n) is 11.8. The molecule has 3 aliphatic carbocycles. The van der Waals surface area contributed by atoms with Crippen LogP contribution in [0.1, 0.15) is 76.9 Å². The fourth-order valence-corrected chi connectivity index (χ4v) is 6.48. The Hall–Kier alpha value is -2.00. The van der Waals surface area contributed by atoms with Crippen LogP contribution in [-0.2, 0) is 9.59 Å². The van der Waals surface area contributed by atoms with E-state index in [2.05, 4.69) is 15.6 Å². The van der Waals surface area contributed by atoms with Gasteiger partial charge in [-0.05, 0) is 49.4 Å². The molecule has 1 aliphatic heterocycles. The summed E-state index contributed by atoms with van der Waals surface area (Å²) in [5.74, 6) is 0.948. The molecule has 9 heteroatoms. The summed E-state index contributed by atoms with van der Waals surface area (Å²) in [6.07, 6.45) is 6.80. The maximum Gasteiger partial charge on any atom is 0.248 e. The molecule has 0 spiro atoms. The number of nitrogens with zero attached hydrogens (tertiary/aromatic N) is 4. The van der Waals surface area contributed by atoms with E-state index in [4.69, 9.17) is 0 Å². The van der Waals surface area contributed by atoms with Crippen LogP contribution >= 0.6 is 0 Å². The van der Waals surface area contributed by atoms with Gasteiger partial charge in [0.25, 0.3) is 0 Å². The molecule has 2 heterocycles. The Morgan fingerprint density at radius 3 is 2.58 bits per heavy atom. The van der Waals surface area contributed by atoms with Crippen molar-refractivity contribution in [3.05, 3.63) is 11.9 Å². The van der Waals surface area contributed by atoms with Crippen molar-refractivity contribution < 1.29 is 19.8 Å². The van der Waals surface area contributed by atoms with Crippen LogP contribution in [0, 0.1) is 23.2 Å². The van der Waals surface area contributed by atoms with Crippen molar-refractivity contribution in [2.75, 3.05) is 13.2 Å². The molecule has 0 radical (unpaired) electrons. The molecule has 2 bridgehead atoms. The molecule has 3 saturated carbocycles. The molecule has 0 aromatic carbocycles. The number of aliphatic hydroxyl groups is 2. The molecule has 4 fully saturated rings. The monoisotopic (exact) mass is 459 g/mol. The first-order valence-corrected chi connectivity index (χ1v) is 12.5. The molecule has 2 amide bonds. The third-order valence-corrected chi connectivity index (χ3v) is 8.32. The van der Waals surface area contributed by atoms with Crippen LogP contribution < -0.4 is 5.32 Å². The number of carbonyl (C=O) groups is 2. The van der Waals surface area contributed by atoms with E-state index in [0.717, 1.165) is 37.8 Å². The summed E-state index contributed by atoms with van der Waals surface area (Å²) in [4.78, 5) is 28.8. The molecule has 4 aliphatic rings. The molecule has 7 unspecified atom stereocenters. The third-order valence-electron chi connectivity index (χ3n) is 8.32. The lowest BCUT2D eigenvalue weighted by Gasteiger charge is -2.36. The predicted octanol–water partition coefficient (Wildman–Crippen LogP) is 1.23. The van der Waals surface area contributed by atoms with Gasteiger partial charge in [-0.3, -0.25) is 9.59 Å². The molecule has 7 atom stereocenters. The van der Waals surface area contributed by atoms with Crippen LogP contribution in [0.3, 0.4) is 0 Å². The van der Waals surface area contributed by atoms with E-state index in [9.17, 15) is 19.8 Å². The Kier molecular flexibility index (Phi) is 5.76. The van der Waals surface area contributed by atoms with Gasteiger partial charge in [0.2, 0.25) is 11.8 Å². The lowest BCUT2D eigenvalue weighted by atomic mass is 9.84.